The summed E-state index contributed by atoms with van der Waals surface area (Å²) in [6.07, 6.45) is 0. The van der Waals surface area contributed by atoms with Crippen LogP contribution >= 0.6 is 11.6 Å². The van der Waals surface area contributed by atoms with E-state index in [1.165, 1.54) is 6.92 Å². The number of rotatable bonds is 4. The smallest absolute Gasteiger partial charge is 0.248 e. The van der Waals surface area contributed by atoms with E-state index >= 15 is 0 Å². The van der Waals surface area contributed by atoms with E-state index in [4.69, 9.17) is 11.6 Å². The fraction of sp³-hybridized carbons (Fsp3) is 0.312. The maximum Gasteiger partial charge on any atom is 0.248 e. The molecule has 0 saturated carbocycles. The minimum absolute atomic E-state index is 0.184. The van der Waals surface area contributed by atoms with Gasteiger partial charge in [0.1, 0.15) is 6.04 Å². The summed E-state index contributed by atoms with van der Waals surface area (Å²) in [7, 11) is 0. The predicted molar refractivity (Wildman–Crippen MR) is 90.8 cm³/mol. The van der Waals surface area contributed by atoms with Crippen molar-refractivity contribution in [3.8, 4) is 0 Å². The minimum Gasteiger partial charge on any atom is -0.326 e. The first-order valence-corrected chi connectivity index (χ1v) is 7.56. The lowest BCUT2D eigenvalue weighted by atomic mass is 10.2. The zero-order valence-electron chi connectivity index (χ0n) is 13.5. The van der Waals surface area contributed by atoms with Crippen LogP contribution in [0.4, 0.5) is 11.4 Å². The number of nitrogens with one attached hydrogen (secondary N) is 2. The van der Waals surface area contributed by atoms with Crippen molar-refractivity contribution in [2.45, 2.75) is 33.7 Å². The number of hydrogen-bond donors (Lipinski definition) is 2. The second kappa shape index (κ2) is 6.83. The third-order valence-corrected chi connectivity index (χ3v) is 3.65. The topological polar surface area (TPSA) is 76.0 Å². The number of benzene rings is 1. The van der Waals surface area contributed by atoms with Gasteiger partial charge in [-0.05, 0) is 45.0 Å². The molecule has 2 rings (SSSR count). The Hall–Kier alpha value is -2.34. The molecule has 0 bridgehead atoms. The maximum atomic E-state index is 12.4. The summed E-state index contributed by atoms with van der Waals surface area (Å²) in [5.41, 5.74) is 2.84. The predicted octanol–water partition coefficient (Wildman–Crippen LogP) is 3.31. The van der Waals surface area contributed by atoms with Gasteiger partial charge in [0.25, 0.3) is 0 Å². The molecule has 1 aromatic heterocycles. The average molecular weight is 335 g/mol. The molecule has 0 spiro atoms. The summed E-state index contributed by atoms with van der Waals surface area (Å²) in [5.74, 6) is -0.402. The first-order valence-electron chi connectivity index (χ1n) is 7.18. The largest absolute Gasteiger partial charge is 0.326 e. The molecule has 0 radical (unpaired) electrons. The number of halogens is 1. The van der Waals surface area contributed by atoms with Gasteiger partial charge in [-0.15, -0.1) is 0 Å². The Morgan fingerprint density at radius 2 is 1.91 bits per heavy atom. The van der Waals surface area contributed by atoms with Gasteiger partial charge < -0.3 is 10.6 Å². The molecule has 7 heteroatoms. The Bertz CT molecular complexity index is 755. The van der Waals surface area contributed by atoms with Crippen LogP contribution in [-0.4, -0.2) is 21.6 Å². The Morgan fingerprint density at radius 3 is 2.43 bits per heavy atom. The molecule has 0 unspecified atom stereocenters. The highest BCUT2D eigenvalue weighted by Gasteiger charge is 2.19. The highest BCUT2D eigenvalue weighted by molar-refractivity contribution is 6.34. The Morgan fingerprint density at radius 1 is 1.22 bits per heavy atom. The SMILES string of the molecule is CC(=O)Nc1ccc(NC(=O)[C@@H](C)n2nc(C)cc2C)c(Cl)c1. The molecule has 6 nitrogen and oxygen atoms in total. The number of carbonyl (C=O) groups is 2. The van der Waals surface area contributed by atoms with Gasteiger partial charge in [-0.2, -0.15) is 5.10 Å². The van der Waals surface area contributed by atoms with Crippen LogP contribution in [0, 0.1) is 13.8 Å². The number of carbonyl (C=O) groups excluding carboxylic acids is 2. The lowest BCUT2D eigenvalue weighted by molar-refractivity contribution is -0.119. The first-order chi connectivity index (χ1) is 10.8. The maximum absolute atomic E-state index is 12.4. The van der Waals surface area contributed by atoms with Gasteiger partial charge in [-0.25, -0.2) is 0 Å². The monoisotopic (exact) mass is 334 g/mol. The number of amides is 2. The average Bonchev–Trinajstić information content (AvgIpc) is 2.79. The van der Waals surface area contributed by atoms with E-state index < -0.39 is 6.04 Å². The van der Waals surface area contributed by atoms with Crippen molar-refractivity contribution >= 4 is 34.8 Å². The molecule has 122 valence electrons. The number of aryl methyl sites for hydroxylation is 2. The first kappa shape index (κ1) is 17.0. The molecular weight excluding hydrogens is 316 g/mol. The molecule has 2 amide bonds. The van der Waals surface area contributed by atoms with Gasteiger partial charge in [0.15, 0.2) is 0 Å². The molecule has 0 aliphatic rings. The van der Waals surface area contributed by atoms with Gasteiger partial charge in [0, 0.05) is 18.3 Å². The van der Waals surface area contributed by atoms with Crippen LogP contribution in [0.1, 0.15) is 31.3 Å². The molecule has 1 atom stereocenters. The molecule has 0 aliphatic carbocycles. The number of aromatic nitrogens is 2. The van der Waals surface area contributed by atoms with Crippen LogP contribution in [0.3, 0.4) is 0 Å². The molecule has 23 heavy (non-hydrogen) atoms. The Balaban J connectivity index is 2.13. The fourth-order valence-electron chi connectivity index (χ4n) is 2.28. The van der Waals surface area contributed by atoms with E-state index in [2.05, 4.69) is 15.7 Å². The lowest BCUT2D eigenvalue weighted by Gasteiger charge is -2.15. The fourth-order valence-corrected chi connectivity index (χ4v) is 2.51. The number of nitrogens with zero attached hydrogens (tertiary/aromatic N) is 2. The molecule has 0 aliphatic heterocycles. The zero-order valence-corrected chi connectivity index (χ0v) is 14.2. The molecule has 0 fully saturated rings. The van der Waals surface area contributed by atoms with Crippen molar-refractivity contribution in [2.24, 2.45) is 0 Å². The molecule has 1 aromatic carbocycles. The van der Waals surface area contributed by atoms with Crippen LogP contribution in [0.15, 0.2) is 24.3 Å². The minimum atomic E-state index is -0.463. The number of hydrogen-bond acceptors (Lipinski definition) is 3. The van der Waals surface area contributed by atoms with Crippen molar-refractivity contribution in [1.82, 2.24) is 9.78 Å². The van der Waals surface area contributed by atoms with Crippen molar-refractivity contribution in [3.63, 3.8) is 0 Å². The van der Waals surface area contributed by atoms with Crippen molar-refractivity contribution in [2.75, 3.05) is 10.6 Å². The molecular formula is C16H19ClN4O2. The Labute approximate surface area is 139 Å². The van der Waals surface area contributed by atoms with Gasteiger partial charge in [-0.1, -0.05) is 11.6 Å². The third kappa shape index (κ3) is 4.10. The lowest BCUT2D eigenvalue weighted by Crippen LogP contribution is -2.25. The van der Waals surface area contributed by atoms with E-state index in [0.717, 1.165) is 11.4 Å². The third-order valence-electron chi connectivity index (χ3n) is 3.34. The summed E-state index contributed by atoms with van der Waals surface area (Å²) in [6.45, 7) is 6.97. The van der Waals surface area contributed by atoms with Gasteiger partial charge in [-0.3, -0.25) is 14.3 Å². The normalized spacial score (nSPS) is 11.9. The molecule has 2 aromatic rings. The zero-order chi connectivity index (χ0) is 17.1. The van der Waals surface area contributed by atoms with Crippen molar-refractivity contribution in [1.29, 1.82) is 0 Å². The van der Waals surface area contributed by atoms with Crippen LogP contribution in [0.25, 0.3) is 0 Å². The molecule has 1 heterocycles. The van der Waals surface area contributed by atoms with E-state index in [9.17, 15) is 9.59 Å². The summed E-state index contributed by atoms with van der Waals surface area (Å²) in [5, 5.41) is 10.1. The summed E-state index contributed by atoms with van der Waals surface area (Å²) < 4.78 is 1.67. The second-order valence-corrected chi connectivity index (χ2v) is 5.82. The van der Waals surface area contributed by atoms with Gasteiger partial charge in [0.2, 0.25) is 11.8 Å². The van der Waals surface area contributed by atoms with Crippen LogP contribution in [-0.2, 0) is 9.59 Å². The molecule has 2 N–H and O–H groups in total. The van der Waals surface area contributed by atoms with Crippen LogP contribution in [0.2, 0.25) is 5.02 Å². The van der Waals surface area contributed by atoms with Crippen molar-refractivity contribution in [3.05, 3.63) is 40.7 Å². The van der Waals surface area contributed by atoms with Gasteiger partial charge in [0.05, 0.1) is 16.4 Å². The van der Waals surface area contributed by atoms with E-state index in [-0.39, 0.29) is 11.8 Å². The second-order valence-electron chi connectivity index (χ2n) is 5.41. The van der Waals surface area contributed by atoms with Gasteiger partial charge >= 0.3 is 0 Å². The summed E-state index contributed by atoms with van der Waals surface area (Å²) in [4.78, 5) is 23.4. The van der Waals surface area contributed by atoms with Crippen molar-refractivity contribution < 1.29 is 9.59 Å². The highest BCUT2D eigenvalue weighted by Crippen LogP contribution is 2.26. The summed E-state index contributed by atoms with van der Waals surface area (Å²) in [6, 6.07) is 6.37. The van der Waals surface area contributed by atoms with E-state index in [1.54, 1.807) is 29.8 Å². The van der Waals surface area contributed by atoms with E-state index in [0.29, 0.717) is 16.4 Å². The van der Waals surface area contributed by atoms with Crippen LogP contribution < -0.4 is 10.6 Å². The highest BCUT2D eigenvalue weighted by atomic mass is 35.5. The number of anilines is 2. The standard InChI is InChI=1S/C16H19ClN4O2/c1-9-7-10(2)21(20-9)11(3)16(23)19-15-6-5-13(8-14(15)17)18-12(4)22/h5-8,11H,1-4H3,(H,18,22)(H,19,23)/t11-/m1/s1. The summed E-state index contributed by atoms with van der Waals surface area (Å²) >= 11 is 6.15. The molecule has 0 saturated heterocycles. The van der Waals surface area contributed by atoms with Crippen LogP contribution in [0.5, 0.6) is 0 Å². The quantitative estimate of drug-likeness (QED) is 0.900. The Kier molecular flexibility index (Phi) is 5.05. The van der Waals surface area contributed by atoms with E-state index in [1.807, 2.05) is 19.9 Å².